The second kappa shape index (κ2) is 8.65. The predicted molar refractivity (Wildman–Crippen MR) is 111 cm³/mol. The van der Waals surface area contributed by atoms with Crippen LogP contribution < -0.4 is 10.1 Å². The predicted octanol–water partition coefficient (Wildman–Crippen LogP) is 4.34. The van der Waals surface area contributed by atoms with Crippen LogP contribution in [0.5, 0.6) is 5.75 Å². The molecule has 6 nitrogen and oxygen atoms in total. The van der Waals surface area contributed by atoms with Crippen LogP contribution in [0.1, 0.15) is 29.0 Å². The molecule has 2 aromatic carbocycles. The molecule has 0 saturated carbocycles. The molecule has 0 spiro atoms. The van der Waals surface area contributed by atoms with Crippen LogP contribution in [0.25, 0.3) is 5.69 Å². The third-order valence-electron chi connectivity index (χ3n) is 4.69. The van der Waals surface area contributed by atoms with E-state index in [2.05, 4.69) is 10.4 Å². The smallest absolute Gasteiger partial charge is 0.272 e. The monoisotopic (exact) mass is 404 g/mol. The van der Waals surface area contributed by atoms with Gasteiger partial charge in [-0.15, -0.1) is 0 Å². The SMILES string of the molecule is CC(NC(=O)c1ccn(COc2ccc(F)cc2)n1)c1ccc(-n2cccc2)cc1. The number of carbonyl (C=O) groups excluding carboxylic acids is 1. The van der Waals surface area contributed by atoms with E-state index < -0.39 is 0 Å². The number of nitrogens with zero attached hydrogens (tertiary/aromatic N) is 3. The lowest BCUT2D eigenvalue weighted by atomic mass is 10.1. The Kier molecular flexibility index (Phi) is 5.61. The summed E-state index contributed by atoms with van der Waals surface area (Å²) >= 11 is 0. The van der Waals surface area contributed by atoms with E-state index in [-0.39, 0.29) is 24.5 Å². The molecule has 4 aromatic rings. The molecule has 0 bridgehead atoms. The fourth-order valence-electron chi connectivity index (χ4n) is 3.02. The van der Waals surface area contributed by atoms with E-state index in [9.17, 15) is 9.18 Å². The second-order valence-electron chi connectivity index (χ2n) is 6.84. The molecule has 0 fully saturated rings. The number of carbonyl (C=O) groups is 1. The van der Waals surface area contributed by atoms with Crippen molar-refractivity contribution in [1.29, 1.82) is 0 Å². The van der Waals surface area contributed by atoms with Gasteiger partial charge in [0.05, 0.1) is 6.04 Å². The van der Waals surface area contributed by atoms with E-state index in [4.69, 9.17) is 4.74 Å². The maximum atomic E-state index is 12.9. The van der Waals surface area contributed by atoms with Crippen molar-refractivity contribution < 1.29 is 13.9 Å². The Bertz CT molecular complexity index is 1100. The average Bonchev–Trinajstić information content (AvgIpc) is 3.46. The first-order valence-electron chi connectivity index (χ1n) is 9.54. The third-order valence-corrected chi connectivity index (χ3v) is 4.69. The van der Waals surface area contributed by atoms with Crippen molar-refractivity contribution in [3.8, 4) is 11.4 Å². The van der Waals surface area contributed by atoms with Crippen molar-refractivity contribution in [2.24, 2.45) is 0 Å². The molecule has 0 aliphatic heterocycles. The van der Waals surface area contributed by atoms with Crippen molar-refractivity contribution in [3.05, 3.63) is 102 Å². The molecule has 0 aliphatic rings. The minimum atomic E-state index is -0.325. The van der Waals surface area contributed by atoms with E-state index in [1.807, 2.05) is 60.3 Å². The fourth-order valence-corrected chi connectivity index (χ4v) is 3.02. The van der Waals surface area contributed by atoms with Gasteiger partial charge in [0.2, 0.25) is 0 Å². The van der Waals surface area contributed by atoms with Gasteiger partial charge < -0.3 is 14.6 Å². The Balaban J connectivity index is 1.33. The lowest BCUT2D eigenvalue weighted by Gasteiger charge is -2.14. The summed E-state index contributed by atoms with van der Waals surface area (Å²) in [7, 11) is 0. The number of benzene rings is 2. The lowest BCUT2D eigenvalue weighted by Crippen LogP contribution is -2.27. The molecular formula is C23H21FN4O2. The van der Waals surface area contributed by atoms with Gasteiger partial charge in [0, 0.05) is 24.3 Å². The molecule has 2 heterocycles. The van der Waals surface area contributed by atoms with E-state index in [1.165, 1.54) is 28.9 Å². The van der Waals surface area contributed by atoms with Gasteiger partial charge in [-0.3, -0.25) is 4.79 Å². The molecule has 1 atom stereocenters. The highest BCUT2D eigenvalue weighted by atomic mass is 19.1. The van der Waals surface area contributed by atoms with Gasteiger partial charge >= 0.3 is 0 Å². The zero-order valence-electron chi connectivity index (χ0n) is 16.4. The molecule has 0 saturated heterocycles. The molecule has 2 aromatic heterocycles. The van der Waals surface area contributed by atoms with Crippen LogP contribution in [0, 0.1) is 5.82 Å². The summed E-state index contributed by atoms with van der Waals surface area (Å²) in [5, 5.41) is 7.20. The van der Waals surface area contributed by atoms with Gasteiger partial charge in [-0.05, 0) is 67.1 Å². The molecule has 1 amide bonds. The van der Waals surface area contributed by atoms with Crippen LogP contribution >= 0.6 is 0 Å². The van der Waals surface area contributed by atoms with Crippen molar-refractivity contribution >= 4 is 5.91 Å². The molecule has 4 rings (SSSR count). The van der Waals surface area contributed by atoms with Crippen molar-refractivity contribution in [2.45, 2.75) is 19.7 Å². The second-order valence-corrected chi connectivity index (χ2v) is 6.84. The quantitative estimate of drug-likeness (QED) is 0.498. The Morgan fingerprint density at radius 3 is 2.43 bits per heavy atom. The minimum absolute atomic E-state index is 0.120. The van der Waals surface area contributed by atoms with Gasteiger partial charge in [0.1, 0.15) is 17.3 Å². The number of ether oxygens (including phenoxy) is 1. The molecule has 1 N–H and O–H groups in total. The van der Waals surface area contributed by atoms with Gasteiger partial charge in [-0.2, -0.15) is 5.10 Å². The summed E-state index contributed by atoms with van der Waals surface area (Å²) in [4.78, 5) is 12.5. The van der Waals surface area contributed by atoms with E-state index in [0.29, 0.717) is 11.4 Å². The molecule has 0 radical (unpaired) electrons. The van der Waals surface area contributed by atoms with Crippen molar-refractivity contribution in [1.82, 2.24) is 19.7 Å². The largest absolute Gasteiger partial charge is 0.471 e. The summed E-state index contributed by atoms with van der Waals surface area (Å²) in [5.41, 5.74) is 2.36. The Morgan fingerprint density at radius 2 is 1.73 bits per heavy atom. The van der Waals surface area contributed by atoms with Crippen LogP contribution in [-0.4, -0.2) is 20.3 Å². The zero-order valence-corrected chi connectivity index (χ0v) is 16.4. The first-order valence-corrected chi connectivity index (χ1v) is 9.54. The summed E-state index contributed by atoms with van der Waals surface area (Å²) in [6.45, 7) is 2.05. The standard InChI is InChI=1S/C23H21FN4O2/c1-17(18-4-8-20(9-5-18)27-13-2-3-14-27)25-23(29)22-12-15-28(26-22)16-30-21-10-6-19(24)7-11-21/h2-15,17H,16H2,1H3,(H,25,29). The molecule has 152 valence electrons. The van der Waals surface area contributed by atoms with E-state index in [1.54, 1.807) is 12.3 Å². The molecule has 7 heteroatoms. The molecule has 0 aliphatic carbocycles. The lowest BCUT2D eigenvalue weighted by molar-refractivity contribution is 0.0932. The van der Waals surface area contributed by atoms with Crippen LogP contribution in [0.15, 0.2) is 85.3 Å². The highest BCUT2D eigenvalue weighted by Crippen LogP contribution is 2.17. The summed E-state index contributed by atoms with van der Waals surface area (Å²) in [6.07, 6.45) is 5.63. The Morgan fingerprint density at radius 1 is 1.03 bits per heavy atom. The van der Waals surface area contributed by atoms with E-state index in [0.717, 1.165) is 11.3 Å². The summed E-state index contributed by atoms with van der Waals surface area (Å²) in [5.74, 6) is -0.0683. The fraction of sp³-hybridized carbons (Fsp3) is 0.130. The van der Waals surface area contributed by atoms with Crippen LogP contribution in [0.3, 0.4) is 0 Å². The van der Waals surface area contributed by atoms with Gasteiger partial charge in [-0.25, -0.2) is 9.07 Å². The number of hydrogen-bond donors (Lipinski definition) is 1. The van der Waals surface area contributed by atoms with Crippen molar-refractivity contribution in [2.75, 3.05) is 0 Å². The molecule has 1 unspecified atom stereocenters. The maximum absolute atomic E-state index is 12.9. The normalized spacial score (nSPS) is 11.8. The third kappa shape index (κ3) is 4.57. The minimum Gasteiger partial charge on any atom is -0.471 e. The highest BCUT2D eigenvalue weighted by molar-refractivity contribution is 5.92. The van der Waals surface area contributed by atoms with Crippen LogP contribution in [0.4, 0.5) is 4.39 Å². The first kappa shape index (κ1) is 19.4. The number of halogens is 1. The van der Waals surface area contributed by atoms with Gasteiger partial charge in [-0.1, -0.05) is 12.1 Å². The van der Waals surface area contributed by atoms with Gasteiger partial charge in [0.15, 0.2) is 6.73 Å². The average molecular weight is 404 g/mol. The Hall–Kier alpha value is -3.87. The zero-order chi connectivity index (χ0) is 20.9. The first-order chi connectivity index (χ1) is 14.6. The van der Waals surface area contributed by atoms with Crippen molar-refractivity contribution in [3.63, 3.8) is 0 Å². The molecular weight excluding hydrogens is 383 g/mol. The number of rotatable bonds is 7. The van der Waals surface area contributed by atoms with Crippen LogP contribution in [0.2, 0.25) is 0 Å². The van der Waals surface area contributed by atoms with Crippen LogP contribution in [-0.2, 0) is 6.73 Å². The van der Waals surface area contributed by atoms with Gasteiger partial charge in [0.25, 0.3) is 5.91 Å². The number of amides is 1. The Labute approximate surface area is 173 Å². The molecule has 30 heavy (non-hydrogen) atoms. The number of nitrogens with one attached hydrogen (secondary N) is 1. The topological polar surface area (TPSA) is 61.1 Å². The maximum Gasteiger partial charge on any atom is 0.272 e. The summed E-state index contributed by atoms with van der Waals surface area (Å²) in [6, 6.07) is 19.1. The van der Waals surface area contributed by atoms with E-state index >= 15 is 0 Å². The number of hydrogen-bond acceptors (Lipinski definition) is 3. The number of aromatic nitrogens is 3. The summed E-state index contributed by atoms with van der Waals surface area (Å²) < 4.78 is 22.0. The highest BCUT2D eigenvalue weighted by Gasteiger charge is 2.14.